The molecule has 0 amide bonds. The highest BCUT2D eigenvalue weighted by Crippen LogP contribution is 2.28. The topological polar surface area (TPSA) is 68.5 Å². The second-order valence-electron chi connectivity index (χ2n) is 6.96. The van der Waals surface area contributed by atoms with Gasteiger partial charge in [-0.05, 0) is 48.2 Å². The summed E-state index contributed by atoms with van der Waals surface area (Å²) in [5, 5.41) is 22.6. The van der Waals surface area contributed by atoms with E-state index in [0.717, 1.165) is 56.1 Å². The fourth-order valence-corrected chi connectivity index (χ4v) is 3.67. The minimum absolute atomic E-state index is 0.213. The predicted molar refractivity (Wildman–Crippen MR) is 102 cm³/mol. The zero-order chi connectivity index (χ0) is 17.9. The second-order valence-corrected chi connectivity index (χ2v) is 6.96. The molecule has 0 bridgehead atoms. The number of nitrogens with one attached hydrogen (secondary N) is 1. The van der Waals surface area contributed by atoms with E-state index in [-0.39, 0.29) is 6.10 Å². The summed E-state index contributed by atoms with van der Waals surface area (Å²) in [4.78, 5) is 2.19. The Balaban J connectivity index is 1.45. The Morgan fingerprint density at radius 2 is 2.04 bits per heavy atom. The summed E-state index contributed by atoms with van der Waals surface area (Å²) < 4.78 is 5.55. The molecule has 0 aromatic heterocycles. The van der Waals surface area contributed by atoms with Crippen LogP contribution in [0, 0.1) is 11.3 Å². The van der Waals surface area contributed by atoms with Crippen molar-refractivity contribution < 1.29 is 9.84 Å². The molecule has 0 unspecified atom stereocenters. The van der Waals surface area contributed by atoms with Gasteiger partial charge < -0.3 is 20.1 Å². The Kier molecular flexibility index (Phi) is 4.68. The molecular formula is C21H23N3O2. The number of nitriles is 1. The lowest BCUT2D eigenvalue weighted by molar-refractivity contribution is 0.145. The first-order chi connectivity index (χ1) is 12.7. The molecule has 134 valence electrons. The van der Waals surface area contributed by atoms with E-state index in [1.807, 2.05) is 24.3 Å². The van der Waals surface area contributed by atoms with Crippen molar-refractivity contribution in [2.24, 2.45) is 0 Å². The Hall–Kier alpha value is -2.71. The molecule has 0 spiro atoms. The number of anilines is 2. The minimum Gasteiger partial charge on any atom is -0.493 e. The van der Waals surface area contributed by atoms with Crippen LogP contribution in [0.4, 0.5) is 11.4 Å². The number of nitrogens with zero attached hydrogens (tertiary/aromatic N) is 2. The van der Waals surface area contributed by atoms with Crippen molar-refractivity contribution in [3.05, 3.63) is 53.1 Å². The SMILES string of the molecule is N#Cc1cc(NCc2ccc3c(c2)CCO3)ccc1N1CCC(O)CC1. The zero-order valence-corrected chi connectivity index (χ0v) is 14.7. The number of hydrogen-bond donors (Lipinski definition) is 2. The van der Waals surface area contributed by atoms with Gasteiger partial charge in [0.05, 0.1) is 24.0 Å². The van der Waals surface area contributed by atoms with Gasteiger partial charge in [-0.15, -0.1) is 0 Å². The summed E-state index contributed by atoms with van der Waals surface area (Å²) in [7, 11) is 0. The molecule has 0 radical (unpaired) electrons. The van der Waals surface area contributed by atoms with Crippen molar-refractivity contribution in [3.8, 4) is 11.8 Å². The van der Waals surface area contributed by atoms with Crippen LogP contribution in [0.1, 0.15) is 29.5 Å². The van der Waals surface area contributed by atoms with Gasteiger partial charge in [0.2, 0.25) is 0 Å². The number of benzene rings is 2. The van der Waals surface area contributed by atoms with Gasteiger partial charge in [-0.3, -0.25) is 0 Å². The van der Waals surface area contributed by atoms with Crippen LogP contribution in [0.25, 0.3) is 0 Å². The molecule has 2 heterocycles. The van der Waals surface area contributed by atoms with Crippen LogP contribution in [0.5, 0.6) is 5.75 Å². The van der Waals surface area contributed by atoms with E-state index in [1.165, 1.54) is 11.1 Å². The monoisotopic (exact) mass is 349 g/mol. The number of piperidine rings is 1. The molecule has 2 aromatic rings. The van der Waals surface area contributed by atoms with Gasteiger partial charge in [0.25, 0.3) is 0 Å². The third-order valence-electron chi connectivity index (χ3n) is 5.17. The normalized spacial score (nSPS) is 16.7. The van der Waals surface area contributed by atoms with Crippen LogP contribution in [0.2, 0.25) is 0 Å². The van der Waals surface area contributed by atoms with Crippen LogP contribution >= 0.6 is 0 Å². The maximum absolute atomic E-state index is 9.67. The highest BCUT2D eigenvalue weighted by molar-refractivity contribution is 5.65. The Morgan fingerprint density at radius 3 is 2.85 bits per heavy atom. The second kappa shape index (κ2) is 7.27. The molecule has 2 aliphatic heterocycles. The first kappa shape index (κ1) is 16.7. The van der Waals surface area contributed by atoms with Gasteiger partial charge in [0.15, 0.2) is 0 Å². The number of rotatable bonds is 4. The van der Waals surface area contributed by atoms with E-state index >= 15 is 0 Å². The van der Waals surface area contributed by atoms with Crippen molar-refractivity contribution in [3.63, 3.8) is 0 Å². The molecule has 2 N–H and O–H groups in total. The molecule has 5 heteroatoms. The standard InChI is InChI=1S/C21H23N3O2/c22-13-17-12-18(2-3-20(17)24-8-5-19(25)6-9-24)23-14-15-1-4-21-16(11-15)7-10-26-21/h1-4,11-12,19,23,25H,5-10,14H2. The Bertz CT molecular complexity index is 836. The van der Waals surface area contributed by atoms with Crippen molar-refractivity contribution in [1.82, 2.24) is 0 Å². The summed E-state index contributed by atoms with van der Waals surface area (Å²) in [5.74, 6) is 0.997. The number of aliphatic hydroxyl groups excluding tert-OH is 1. The third kappa shape index (κ3) is 3.47. The molecule has 0 atom stereocenters. The molecule has 26 heavy (non-hydrogen) atoms. The van der Waals surface area contributed by atoms with E-state index < -0.39 is 0 Å². The van der Waals surface area contributed by atoms with Gasteiger partial charge in [-0.1, -0.05) is 12.1 Å². The summed E-state index contributed by atoms with van der Waals surface area (Å²) in [5.41, 5.74) is 5.05. The molecule has 1 saturated heterocycles. The van der Waals surface area contributed by atoms with Gasteiger partial charge in [-0.2, -0.15) is 5.26 Å². The van der Waals surface area contributed by atoms with Crippen molar-refractivity contribution >= 4 is 11.4 Å². The molecule has 5 nitrogen and oxygen atoms in total. The molecule has 1 fully saturated rings. The van der Waals surface area contributed by atoms with Gasteiger partial charge >= 0.3 is 0 Å². The smallest absolute Gasteiger partial charge is 0.122 e. The minimum atomic E-state index is -0.213. The summed E-state index contributed by atoms with van der Waals surface area (Å²) >= 11 is 0. The number of hydrogen-bond acceptors (Lipinski definition) is 5. The van der Waals surface area contributed by atoms with Crippen LogP contribution in [0.15, 0.2) is 36.4 Å². The number of aliphatic hydroxyl groups is 1. The molecular weight excluding hydrogens is 326 g/mol. The Labute approximate surface area is 153 Å². The first-order valence-corrected chi connectivity index (χ1v) is 9.18. The fraction of sp³-hybridized carbons (Fsp3) is 0.381. The van der Waals surface area contributed by atoms with E-state index in [2.05, 4.69) is 28.4 Å². The number of ether oxygens (including phenoxy) is 1. The molecule has 2 aromatic carbocycles. The van der Waals surface area contributed by atoms with E-state index in [0.29, 0.717) is 12.1 Å². The van der Waals surface area contributed by atoms with Crippen LogP contribution in [-0.2, 0) is 13.0 Å². The van der Waals surface area contributed by atoms with Gasteiger partial charge in [0.1, 0.15) is 11.8 Å². The maximum Gasteiger partial charge on any atom is 0.122 e. The molecule has 0 aliphatic carbocycles. The van der Waals surface area contributed by atoms with Crippen molar-refractivity contribution in [2.45, 2.75) is 31.9 Å². The first-order valence-electron chi connectivity index (χ1n) is 9.18. The number of fused-ring (bicyclic) bond motifs is 1. The lowest BCUT2D eigenvalue weighted by atomic mass is 10.0. The van der Waals surface area contributed by atoms with Crippen LogP contribution in [-0.4, -0.2) is 30.9 Å². The van der Waals surface area contributed by atoms with Crippen molar-refractivity contribution in [2.75, 3.05) is 29.9 Å². The quantitative estimate of drug-likeness (QED) is 0.888. The predicted octanol–water partition coefficient (Wildman–Crippen LogP) is 3.07. The zero-order valence-electron chi connectivity index (χ0n) is 14.7. The Morgan fingerprint density at radius 1 is 1.19 bits per heavy atom. The average molecular weight is 349 g/mol. The van der Waals surface area contributed by atoms with E-state index in [1.54, 1.807) is 0 Å². The molecule has 0 saturated carbocycles. The summed E-state index contributed by atoms with van der Waals surface area (Å²) in [6.45, 7) is 3.07. The largest absolute Gasteiger partial charge is 0.493 e. The lowest BCUT2D eigenvalue weighted by Gasteiger charge is -2.32. The lowest BCUT2D eigenvalue weighted by Crippen LogP contribution is -2.36. The van der Waals surface area contributed by atoms with Gasteiger partial charge in [-0.25, -0.2) is 0 Å². The summed E-state index contributed by atoms with van der Waals surface area (Å²) in [6, 6.07) is 14.6. The highest BCUT2D eigenvalue weighted by atomic mass is 16.5. The molecule has 4 rings (SSSR count). The average Bonchev–Trinajstić information content (AvgIpc) is 3.14. The fourth-order valence-electron chi connectivity index (χ4n) is 3.67. The van der Waals surface area contributed by atoms with Gasteiger partial charge in [0, 0.05) is 31.7 Å². The summed E-state index contributed by atoms with van der Waals surface area (Å²) in [6.07, 6.45) is 2.27. The maximum atomic E-state index is 9.67. The van der Waals surface area contributed by atoms with Crippen LogP contribution < -0.4 is 15.0 Å². The highest BCUT2D eigenvalue weighted by Gasteiger charge is 2.19. The molecule has 2 aliphatic rings. The third-order valence-corrected chi connectivity index (χ3v) is 5.17. The van der Waals surface area contributed by atoms with Crippen molar-refractivity contribution in [1.29, 1.82) is 5.26 Å². The van der Waals surface area contributed by atoms with E-state index in [9.17, 15) is 10.4 Å². The van der Waals surface area contributed by atoms with E-state index in [4.69, 9.17) is 4.74 Å². The van der Waals surface area contributed by atoms with Crippen LogP contribution in [0.3, 0.4) is 0 Å².